The maximum atomic E-state index is 5.46. The number of nitrogens with zero attached hydrogens (tertiary/aromatic N) is 4. The number of hydrogen-bond donors (Lipinski definition) is 2. The van der Waals surface area contributed by atoms with Crippen molar-refractivity contribution < 1.29 is 0 Å². The monoisotopic (exact) mass is 244 g/mol. The zero-order valence-corrected chi connectivity index (χ0v) is 10.7. The molecule has 0 bridgehead atoms. The van der Waals surface area contributed by atoms with E-state index >= 15 is 0 Å². The van der Waals surface area contributed by atoms with Crippen molar-refractivity contribution in [1.82, 2.24) is 19.9 Å². The molecule has 2 aromatic rings. The summed E-state index contributed by atoms with van der Waals surface area (Å²) >= 11 is 0. The van der Waals surface area contributed by atoms with Crippen molar-refractivity contribution in [3.8, 4) is 11.6 Å². The lowest BCUT2D eigenvalue weighted by atomic mass is 10.2. The smallest absolute Gasteiger partial charge is 0.199 e. The van der Waals surface area contributed by atoms with Crippen molar-refractivity contribution in [3.63, 3.8) is 0 Å². The van der Waals surface area contributed by atoms with Crippen LogP contribution in [-0.4, -0.2) is 19.9 Å². The van der Waals surface area contributed by atoms with Crippen LogP contribution < -0.4 is 11.3 Å². The topological polar surface area (TPSA) is 89.6 Å². The van der Waals surface area contributed by atoms with Crippen LogP contribution >= 0.6 is 0 Å². The molecular weight excluding hydrogens is 228 g/mol. The van der Waals surface area contributed by atoms with E-state index in [1.165, 1.54) is 0 Å². The van der Waals surface area contributed by atoms with Gasteiger partial charge in [0, 0.05) is 23.7 Å². The van der Waals surface area contributed by atoms with Gasteiger partial charge in [-0.2, -0.15) is 0 Å². The maximum absolute atomic E-state index is 5.46. The van der Waals surface area contributed by atoms with Crippen LogP contribution in [0.4, 0.5) is 5.82 Å². The number of anilines is 1. The highest BCUT2D eigenvalue weighted by Crippen LogP contribution is 2.19. The molecule has 2 aromatic heterocycles. The Hall–Kier alpha value is -2.08. The van der Waals surface area contributed by atoms with Crippen LogP contribution in [0.3, 0.4) is 0 Å². The van der Waals surface area contributed by atoms with Crippen LogP contribution in [0.15, 0.2) is 12.4 Å². The van der Waals surface area contributed by atoms with E-state index in [0.717, 1.165) is 23.2 Å². The first-order valence-corrected chi connectivity index (χ1v) is 5.78. The number of hydrogen-bond acceptors (Lipinski definition) is 6. The van der Waals surface area contributed by atoms with Crippen LogP contribution in [0.1, 0.15) is 23.7 Å². The summed E-state index contributed by atoms with van der Waals surface area (Å²) in [4.78, 5) is 17.2. The van der Waals surface area contributed by atoms with Gasteiger partial charge in [0.25, 0.3) is 0 Å². The maximum Gasteiger partial charge on any atom is 0.199 e. The van der Waals surface area contributed by atoms with E-state index in [-0.39, 0.29) is 0 Å². The standard InChI is InChI=1S/C12H16N6/c1-4-9-8(3)10(18-13)17-12(16-9)11-14-5-7(2)6-15-11/h5-6H,4,13H2,1-3H3,(H,16,17,18). The summed E-state index contributed by atoms with van der Waals surface area (Å²) in [6.07, 6.45) is 4.29. The van der Waals surface area contributed by atoms with Crippen molar-refractivity contribution in [2.45, 2.75) is 27.2 Å². The van der Waals surface area contributed by atoms with Crippen molar-refractivity contribution in [3.05, 3.63) is 29.2 Å². The molecule has 6 heteroatoms. The largest absolute Gasteiger partial charge is 0.308 e. The lowest BCUT2D eigenvalue weighted by molar-refractivity contribution is 0.955. The minimum absolute atomic E-state index is 0.491. The van der Waals surface area contributed by atoms with Crippen LogP contribution in [-0.2, 0) is 6.42 Å². The summed E-state index contributed by atoms with van der Waals surface area (Å²) in [6, 6.07) is 0. The fraction of sp³-hybridized carbons (Fsp3) is 0.333. The summed E-state index contributed by atoms with van der Waals surface area (Å²) in [5, 5.41) is 0. The van der Waals surface area contributed by atoms with Gasteiger partial charge in [-0.1, -0.05) is 6.92 Å². The van der Waals surface area contributed by atoms with E-state index in [1.807, 2.05) is 20.8 Å². The molecule has 6 nitrogen and oxygen atoms in total. The van der Waals surface area contributed by atoms with Crippen LogP contribution in [0.5, 0.6) is 0 Å². The molecule has 0 aliphatic carbocycles. The third kappa shape index (κ3) is 2.28. The van der Waals surface area contributed by atoms with Gasteiger partial charge in [-0.3, -0.25) is 0 Å². The molecule has 18 heavy (non-hydrogen) atoms. The van der Waals surface area contributed by atoms with Gasteiger partial charge in [0.15, 0.2) is 11.6 Å². The Bertz CT molecular complexity index is 524. The van der Waals surface area contributed by atoms with Gasteiger partial charge in [-0.15, -0.1) is 0 Å². The predicted molar refractivity (Wildman–Crippen MR) is 69.7 cm³/mol. The lowest BCUT2D eigenvalue weighted by Gasteiger charge is -2.10. The van der Waals surface area contributed by atoms with E-state index in [4.69, 9.17) is 5.84 Å². The Morgan fingerprint density at radius 3 is 2.33 bits per heavy atom. The summed E-state index contributed by atoms with van der Waals surface area (Å²) in [5.41, 5.74) is 5.48. The van der Waals surface area contributed by atoms with Gasteiger partial charge in [0.05, 0.1) is 0 Å². The van der Waals surface area contributed by atoms with Gasteiger partial charge < -0.3 is 5.43 Å². The fourth-order valence-electron chi connectivity index (χ4n) is 1.66. The molecule has 0 aliphatic rings. The summed E-state index contributed by atoms with van der Waals surface area (Å²) < 4.78 is 0. The van der Waals surface area contributed by atoms with E-state index in [0.29, 0.717) is 17.5 Å². The second kappa shape index (κ2) is 5.05. The van der Waals surface area contributed by atoms with Gasteiger partial charge in [-0.05, 0) is 25.8 Å². The molecule has 2 heterocycles. The molecule has 0 radical (unpaired) electrons. The molecular formula is C12H16N6. The highest BCUT2D eigenvalue weighted by molar-refractivity contribution is 5.53. The minimum Gasteiger partial charge on any atom is -0.308 e. The van der Waals surface area contributed by atoms with Crippen molar-refractivity contribution in [2.24, 2.45) is 5.84 Å². The van der Waals surface area contributed by atoms with Gasteiger partial charge in [-0.25, -0.2) is 25.8 Å². The zero-order valence-electron chi connectivity index (χ0n) is 10.7. The number of nitrogen functional groups attached to an aromatic ring is 1. The second-order valence-corrected chi connectivity index (χ2v) is 4.05. The quantitative estimate of drug-likeness (QED) is 0.626. The number of nitrogens with two attached hydrogens (primary N) is 1. The predicted octanol–water partition coefficient (Wildman–Crippen LogP) is 1.40. The average Bonchev–Trinajstić information content (AvgIpc) is 2.40. The van der Waals surface area contributed by atoms with Crippen LogP contribution in [0.2, 0.25) is 0 Å². The van der Waals surface area contributed by atoms with E-state index in [1.54, 1.807) is 12.4 Å². The Kier molecular flexibility index (Phi) is 3.47. The SMILES string of the molecule is CCc1nc(-c2ncc(C)cn2)nc(NN)c1C. The molecule has 0 aromatic carbocycles. The van der Waals surface area contributed by atoms with Crippen molar-refractivity contribution >= 4 is 5.82 Å². The zero-order chi connectivity index (χ0) is 13.1. The second-order valence-electron chi connectivity index (χ2n) is 4.05. The number of aromatic nitrogens is 4. The molecule has 0 amide bonds. The first-order valence-electron chi connectivity index (χ1n) is 5.78. The fourth-order valence-corrected chi connectivity index (χ4v) is 1.66. The van der Waals surface area contributed by atoms with Gasteiger partial charge in [0.1, 0.15) is 5.82 Å². The molecule has 0 saturated carbocycles. The molecule has 0 aliphatic heterocycles. The van der Waals surface area contributed by atoms with Gasteiger partial charge in [0.2, 0.25) is 0 Å². The normalized spacial score (nSPS) is 10.4. The first kappa shape index (κ1) is 12.4. The Balaban J connectivity index is 2.54. The molecule has 0 atom stereocenters. The molecule has 94 valence electrons. The van der Waals surface area contributed by atoms with Gasteiger partial charge >= 0.3 is 0 Å². The van der Waals surface area contributed by atoms with Crippen LogP contribution in [0.25, 0.3) is 11.6 Å². The lowest BCUT2D eigenvalue weighted by Crippen LogP contribution is -2.13. The Morgan fingerprint density at radius 1 is 1.11 bits per heavy atom. The molecule has 3 N–H and O–H groups in total. The van der Waals surface area contributed by atoms with Crippen molar-refractivity contribution in [2.75, 3.05) is 5.43 Å². The van der Waals surface area contributed by atoms with E-state index < -0.39 is 0 Å². The first-order chi connectivity index (χ1) is 8.65. The highest BCUT2D eigenvalue weighted by Gasteiger charge is 2.12. The average molecular weight is 244 g/mol. The Labute approximate surface area is 106 Å². The molecule has 0 unspecified atom stereocenters. The highest BCUT2D eigenvalue weighted by atomic mass is 15.3. The van der Waals surface area contributed by atoms with Crippen molar-refractivity contribution in [1.29, 1.82) is 0 Å². The summed E-state index contributed by atoms with van der Waals surface area (Å²) in [5.74, 6) is 7.07. The van der Waals surface area contributed by atoms with Crippen LogP contribution in [0, 0.1) is 13.8 Å². The number of rotatable bonds is 3. The molecule has 0 fully saturated rings. The molecule has 0 spiro atoms. The Morgan fingerprint density at radius 2 is 1.78 bits per heavy atom. The number of hydrazine groups is 1. The third-order valence-electron chi connectivity index (χ3n) is 2.70. The molecule has 2 rings (SSSR count). The number of aryl methyl sites for hydroxylation is 2. The van der Waals surface area contributed by atoms with E-state index in [2.05, 4.69) is 25.4 Å². The third-order valence-corrected chi connectivity index (χ3v) is 2.70. The number of nitrogens with one attached hydrogen (secondary N) is 1. The summed E-state index contributed by atoms with van der Waals surface area (Å²) in [6.45, 7) is 5.91. The molecule has 0 saturated heterocycles. The minimum atomic E-state index is 0.491. The summed E-state index contributed by atoms with van der Waals surface area (Å²) in [7, 11) is 0. The van der Waals surface area contributed by atoms with E-state index in [9.17, 15) is 0 Å².